The lowest BCUT2D eigenvalue weighted by Gasteiger charge is -2.36. The molecule has 138 valence electrons. The van der Waals surface area contributed by atoms with Gasteiger partial charge in [0.15, 0.2) is 13.1 Å². The number of quaternary nitrogens is 1. The summed E-state index contributed by atoms with van der Waals surface area (Å²) >= 11 is 0. The highest BCUT2D eigenvalue weighted by Gasteiger charge is 2.33. The minimum atomic E-state index is -1.43. The van der Waals surface area contributed by atoms with Gasteiger partial charge in [-0.05, 0) is 32.1 Å². The van der Waals surface area contributed by atoms with Gasteiger partial charge in [-0.15, -0.1) is 0 Å². The Bertz CT molecular complexity index is 392. The van der Waals surface area contributed by atoms with Crippen LogP contribution >= 0.6 is 0 Å². The smallest absolute Gasteiger partial charge is 0.359 e. The zero-order chi connectivity index (χ0) is 18.4. The van der Waals surface area contributed by atoms with Crippen molar-refractivity contribution < 1.29 is 34.2 Å². The predicted molar refractivity (Wildman–Crippen MR) is 87.1 cm³/mol. The van der Waals surface area contributed by atoms with E-state index < -0.39 is 42.0 Å². The molecule has 0 amide bonds. The fourth-order valence-electron chi connectivity index (χ4n) is 2.78. The molecule has 0 aliphatic rings. The van der Waals surface area contributed by atoms with Crippen LogP contribution in [0, 0.1) is 0 Å². The molecular formula is C17H29NO6. The van der Waals surface area contributed by atoms with Crippen LogP contribution in [0.4, 0.5) is 0 Å². The largest absolute Gasteiger partial charge is 0.544 e. The van der Waals surface area contributed by atoms with Crippen LogP contribution in [0.1, 0.15) is 51.9 Å². The molecule has 0 atom stereocenters. The first-order valence-corrected chi connectivity index (χ1v) is 8.45. The van der Waals surface area contributed by atoms with Gasteiger partial charge in [0.25, 0.3) is 0 Å². The predicted octanol–water partition coefficient (Wildman–Crippen LogP) is 1.03. The van der Waals surface area contributed by atoms with Crippen LogP contribution in [0.15, 0.2) is 12.2 Å². The summed E-state index contributed by atoms with van der Waals surface area (Å²) in [6.45, 7) is 0.648. The second-order valence-corrected chi connectivity index (χ2v) is 6.14. The van der Waals surface area contributed by atoms with E-state index in [1.54, 1.807) is 0 Å². The lowest BCUT2D eigenvalue weighted by Crippen LogP contribution is -2.59. The number of nitrogens with zero attached hydrogens (tertiary/aromatic N) is 1. The maximum absolute atomic E-state index is 11.0. The Hall–Kier alpha value is -1.89. The lowest BCUT2D eigenvalue weighted by atomic mass is 10.1. The van der Waals surface area contributed by atoms with Gasteiger partial charge in [-0.1, -0.05) is 31.9 Å². The standard InChI is InChI=1S/C17H29NO6/c1-2-3-4-5-6-7-8-9-10-11-18(12-15(19)20,13-16(21)22)14-17(23)24/h3-4H,2,5-14H2,1H3,(H2-,19,20,21,22,23,24)/b4-3+. The summed E-state index contributed by atoms with van der Waals surface area (Å²) in [7, 11) is 0. The fraction of sp³-hybridized carbons (Fsp3) is 0.706. The number of carboxylic acids is 3. The van der Waals surface area contributed by atoms with Crippen molar-refractivity contribution in [3.63, 3.8) is 0 Å². The number of rotatable bonds is 15. The van der Waals surface area contributed by atoms with Gasteiger partial charge in [-0.3, -0.25) is 0 Å². The number of carbonyl (C=O) groups is 3. The fourth-order valence-corrected chi connectivity index (χ4v) is 2.78. The second kappa shape index (κ2) is 12.5. The van der Waals surface area contributed by atoms with E-state index in [2.05, 4.69) is 19.1 Å². The number of hydrogen-bond donors (Lipinski definition) is 2. The highest BCUT2D eigenvalue weighted by molar-refractivity contribution is 5.72. The Morgan fingerprint density at radius 1 is 0.875 bits per heavy atom. The molecule has 0 aliphatic heterocycles. The molecule has 0 heterocycles. The van der Waals surface area contributed by atoms with Crippen LogP contribution in [-0.4, -0.2) is 58.8 Å². The molecule has 0 rings (SSSR count). The summed E-state index contributed by atoms with van der Waals surface area (Å²) in [5.41, 5.74) is 0. The van der Waals surface area contributed by atoms with Gasteiger partial charge >= 0.3 is 11.9 Å². The molecule has 0 fully saturated rings. The molecule has 0 spiro atoms. The minimum Gasteiger partial charge on any atom is -0.544 e. The first-order chi connectivity index (χ1) is 11.3. The van der Waals surface area contributed by atoms with Crippen molar-refractivity contribution in [2.24, 2.45) is 0 Å². The number of allylic oxidation sites excluding steroid dienone is 2. The van der Waals surface area contributed by atoms with E-state index in [1.807, 2.05) is 0 Å². The summed E-state index contributed by atoms with van der Waals surface area (Å²) < 4.78 is -0.508. The van der Waals surface area contributed by atoms with Crippen molar-refractivity contribution in [2.75, 3.05) is 26.2 Å². The average Bonchev–Trinajstić information content (AvgIpc) is 2.43. The van der Waals surface area contributed by atoms with Crippen molar-refractivity contribution in [1.29, 1.82) is 0 Å². The first kappa shape index (κ1) is 22.1. The molecule has 7 heteroatoms. The van der Waals surface area contributed by atoms with Gasteiger partial charge < -0.3 is 24.6 Å². The van der Waals surface area contributed by atoms with Crippen molar-refractivity contribution in [2.45, 2.75) is 51.9 Å². The second-order valence-electron chi connectivity index (χ2n) is 6.14. The van der Waals surface area contributed by atoms with Crippen molar-refractivity contribution >= 4 is 17.9 Å². The summed E-state index contributed by atoms with van der Waals surface area (Å²) in [6.07, 6.45) is 10.9. The van der Waals surface area contributed by atoms with E-state index in [-0.39, 0.29) is 6.54 Å². The lowest BCUT2D eigenvalue weighted by molar-refractivity contribution is -0.909. The van der Waals surface area contributed by atoms with Gasteiger partial charge in [0, 0.05) is 0 Å². The zero-order valence-electron chi connectivity index (χ0n) is 14.4. The monoisotopic (exact) mass is 343 g/mol. The number of carboxylic acid groups (broad SMARTS) is 3. The maximum Gasteiger partial charge on any atom is 0.359 e. The SMILES string of the molecule is CC/C=C/CCCCCCC[N+](CC(=O)[O-])(CC(=O)O)CC(=O)O. The highest BCUT2D eigenvalue weighted by atomic mass is 16.4. The van der Waals surface area contributed by atoms with E-state index in [0.717, 1.165) is 38.5 Å². The van der Waals surface area contributed by atoms with Crippen molar-refractivity contribution in [1.82, 2.24) is 0 Å². The van der Waals surface area contributed by atoms with Gasteiger partial charge in [0.1, 0.15) is 6.54 Å². The third-order valence-corrected chi connectivity index (χ3v) is 3.81. The number of unbranched alkanes of at least 4 members (excludes halogenated alkanes) is 5. The van der Waals surface area contributed by atoms with Crippen LogP contribution in [0.25, 0.3) is 0 Å². The van der Waals surface area contributed by atoms with Gasteiger partial charge in [-0.2, -0.15) is 0 Å². The molecule has 0 saturated carbocycles. The van der Waals surface area contributed by atoms with Gasteiger partial charge in [0.2, 0.25) is 0 Å². The molecule has 7 nitrogen and oxygen atoms in total. The molecule has 0 radical (unpaired) electrons. The molecule has 0 unspecified atom stereocenters. The number of hydrogen-bond acceptors (Lipinski definition) is 4. The topological polar surface area (TPSA) is 115 Å². The molecule has 2 N–H and O–H groups in total. The van der Waals surface area contributed by atoms with Crippen molar-refractivity contribution in [3.8, 4) is 0 Å². The Labute approximate surface area is 143 Å². The zero-order valence-corrected chi connectivity index (χ0v) is 14.4. The van der Waals surface area contributed by atoms with E-state index in [9.17, 15) is 19.5 Å². The Morgan fingerprint density at radius 2 is 1.42 bits per heavy atom. The van der Waals surface area contributed by atoms with Crippen LogP contribution in [-0.2, 0) is 14.4 Å². The normalized spacial score (nSPS) is 11.7. The summed E-state index contributed by atoms with van der Waals surface area (Å²) in [6, 6.07) is 0. The summed E-state index contributed by atoms with van der Waals surface area (Å²) in [5.74, 6) is -3.85. The van der Waals surface area contributed by atoms with E-state index in [0.29, 0.717) is 6.42 Å². The van der Waals surface area contributed by atoms with E-state index in [4.69, 9.17) is 10.2 Å². The van der Waals surface area contributed by atoms with Gasteiger partial charge in [-0.25, -0.2) is 9.59 Å². The molecule has 24 heavy (non-hydrogen) atoms. The molecule has 0 aliphatic carbocycles. The van der Waals surface area contributed by atoms with E-state index in [1.165, 1.54) is 0 Å². The van der Waals surface area contributed by atoms with Crippen LogP contribution in [0.3, 0.4) is 0 Å². The third-order valence-electron chi connectivity index (χ3n) is 3.81. The minimum absolute atomic E-state index is 0.211. The molecule has 0 aromatic heterocycles. The number of aliphatic carboxylic acids is 3. The van der Waals surface area contributed by atoms with Crippen LogP contribution in [0.5, 0.6) is 0 Å². The van der Waals surface area contributed by atoms with E-state index >= 15 is 0 Å². The third kappa shape index (κ3) is 11.6. The van der Waals surface area contributed by atoms with Crippen LogP contribution in [0.2, 0.25) is 0 Å². The Morgan fingerprint density at radius 3 is 1.92 bits per heavy atom. The molecule has 0 saturated heterocycles. The summed E-state index contributed by atoms with van der Waals surface area (Å²) in [5, 5.41) is 28.9. The quantitative estimate of drug-likeness (QED) is 0.261. The van der Waals surface area contributed by atoms with Crippen LogP contribution < -0.4 is 5.11 Å². The summed E-state index contributed by atoms with van der Waals surface area (Å²) in [4.78, 5) is 32.9. The highest BCUT2D eigenvalue weighted by Crippen LogP contribution is 2.13. The van der Waals surface area contributed by atoms with Crippen molar-refractivity contribution in [3.05, 3.63) is 12.2 Å². The Balaban J connectivity index is 4.38. The molecular weight excluding hydrogens is 314 g/mol. The first-order valence-electron chi connectivity index (χ1n) is 8.45. The van der Waals surface area contributed by atoms with Gasteiger partial charge in [0.05, 0.1) is 12.5 Å². The Kier molecular flexibility index (Phi) is 11.5. The molecule has 0 aromatic rings. The maximum atomic E-state index is 11.0. The average molecular weight is 343 g/mol. The number of carbonyl (C=O) groups excluding carboxylic acids is 1. The molecule has 0 bridgehead atoms. The molecule has 0 aromatic carbocycles.